The summed E-state index contributed by atoms with van der Waals surface area (Å²) >= 11 is 0. The number of hydrogen-bond donors (Lipinski definition) is 2. The van der Waals surface area contributed by atoms with E-state index in [2.05, 4.69) is 15.2 Å². The maximum atomic E-state index is 12.1. The largest absolute Gasteiger partial charge is 0.378 e. The molecular weight excluding hydrogens is 246 g/mol. The van der Waals surface area contributed by atoms with Gasteiger partial charge in [-0.2, -0.15) is 0 Å². The Bertz CT molecular complexity index is 412. The Balaban J connectivity index is 1.78. The van der Waals surface area contributed by atoms with Crippen LogP contribution in [0.15, 0.2) is 0 Å². The van der Waals surface area contributed by atoms with Crippen LogP contribution in [-0.2, 0) is 4.74 Å². The van der Waals surface area contributed by atoms with E-state index in [0.29, 0.717) is 32.1 Å². The molecule has 19 heavy (non-hydrogen) atoms. The fraction of sp³-hybridized carbons (Fsp3) is 0.750. The number of aromatic amines is 1. The van der Waals surface area contributed by atoms with Crippen molar-refractivity contribution in [3.63, 3.8) is 0 Å². The van der Waals surface area contributed by atoms with Gasteiger partial charge in [0.25, 0.3) is 5.91 Å². The number of likely N-dealkylation sites (tertiary alicyclic amines) is 1. The molecule has 7 nitrogen and oxygen atoms in total. The fourth-order valence-corrected chi connectivity index (χ4v) is 2.14. The maximum absolute atomic E-state index is 12.1. The summed E-state index contributed by atoms with van der Waals surface area (Å²) < 4.78 is 5.71. The molecule has 0 aliphatic carbocycles. The van der Waals surface area contributed by atoms with Crippen molar-refractivity contribution in [1.82, 2.24) is 20.1 Å². The van der Waals surface area contributed by atoms with E-state index in [1.54, 1.807) is 11.8 Å². The van der Waals surface area contributed by atoms with Crippen LogP contribution in [0.4, 0.5) is 0 Å². The van der Waals surface area contributed by atoms with E-state index >= 15 is 0 Å². The van der Waals surface area contributed by atoms with Gasteiger partial charge in [-0.05, 0) is 32.7 Å². The molecule has 7 heteroatoms. The van der Waals surface area contributed by atoms with Crippen molar-refractivity contribution in [2.75, 3.05) is 26.2 Å². The third-order valence-corrected chi connectivity index (χ3v) is 3.22. The number of nitrogens with one attached hydrogen (secondary N) is 1. The van der Waals surface area contributed by atoms with E-state index in [-0.39, 0.29) is 17.8 Å². The van der Waals surface area contributed by atoms with Gasteiger partial charge in [-0.1, -0.05) is 0 Å². The zero-order valence-electron chi connectivity index (χ0n) is 11.3. The normalized spacial score (nSPS) is 16.8. The number of ether oxygens (including phenoxy) is 1. The Morgan fingerprint density at radius 1 is 1.53 bits per heavy atom. The second-order valence-corrected chi connectivity index (χ2v) is 4.75. The molecule has 1 aromatic rings. The first kappa shape index (κ1) is 14.0. The summed E-state index contributed by atoms with van der Waals surface area (Å²) in [5, 5.41) is 6.58. The molecule has 2 rings (SSSR count). The van der Waals surface area contributed by atoms with Gasteiger partial charge in [0, 0.05) is 19.7 Å². The van der Waals surface area contributed by atoms with Gasteiger partial charge in [0.1, 0.15) is 5.82 Å². The third kappa shape index (κ3) is 3.74. The number of piperidine rings is 1. The van der Waals surface area contributed by atoms with Crippen LogP contribution in [0, 0.1) is 6.92 Å². The standard InChI is InChI=1S/C12H21N5O2/c1-9-14-11(16-15-9)12(18)17-6-3-10(4-7-17)19-8-2-5-13/h10H,2-8,13H2,1H3,(H,14,15,16). The number of H-pyrrole nitrogens is 1. The topological polar surface area (TPSA) is 97.1 Å². The highest BCUT2D eigenvalue weighted by Crippen LogP contribution is 2.15. The van der Waals surface area contributed by atoms with Gasteiger partial charge in [0.05, 0.1) is 6.10 Å². The van der Waals surface area contributed by atoms with Gasteiger partial charge in [0.2, 0.25) is 5.82 Å². The van der Waals surface area contributed by atoms with E-state index < -0.39 is 0 Å². The van der Waals surface area contributed by atoms with E-state index in [0.717, 1.165) is 19.3 Å². The number of nitrogens with zero attached hydrogens (tertiary/aromatic N) is 3. The number of carbonyl (C=O) groups is 1. The molecular formula is C12H21N5O2. The molecule has 0 aromatic carbocycles. The predicted molar refractivity (Wildman–Crippen MR) is 69.7 cm³/mol. The second-order valence-electron chi connectivity index (χ2n) is 4.75. The monoisotopic (exact) mass is 267 g/mol. The van der Waals surface area contributed by atoms with Gasteiger partial charge in [-0.25, -0.2) is 4.98 Å². The van der Waals surface area contributed by atoms with Crippen molar-refractivity contribution >= 4 is 5.91 Å². The molecule has 1 aliphatic heterocycles. The average Bonchev–Trinajstić information content (AvgIpc) is 2.86. The molecule has 0 spiro atoms. The Morgan fingerprint density at radius 3 is 2.84 bits per heavy atom. The Kier molecular flexibility index (Phi) is 4.86. The smallest absolute Gasteiger partial charge is 0.293 e. The van der Waals surface area contributed by atoms with E-state index in [1.165, 1.54) is 0 Å². The maximum Gasteiger partial charge on any atom is 0.293 e. The Morgan fingerprint density at radius 2 is 2.26 bits per heavy atom. The quantitative estimate of drug-likeness (QED) is 0.736. The van der Waals surface area contributed by atoms with Crippen LogP contribution in [0.1, 0.15) is 35.7 Å². The number of aromatic nitrogens is 3. The van der Waals surface area contributed by atoms with Crippen LogP contribution in [0.5, 0.6) is 0 Å². The third-order valence-electron chi connectivity index (χ3n) is 3.22. The van der Waals surface area contributed by atoms with Gasteiger partial charge < -0.3 is 15.4 Å². The molecule has 0 saturated carbocycles. The lowest BCUT2D eigenvalue weighted by atomic mass is 10.1. The van der Waals surface area contributed by atoms with Crippen LogP contribution >= 0.6 is 0 Å². The van der Waals surface area contributed by atoms with Gasteiger partial charge in [-0.3, -0.25) is 9.89 Å². The molecule has 1 saturated heterocycles. The van der Waals surface area contributed by atoms with Crippen molar-refractivity contribution in [3.05, 3.63) is 11.6 Å². The van der Waals surface area contributed by atoms with Crippen molar-refractivity contribution in [2.45, 2.75) is 32.3 Å². The summed E-state index contributed by atoms with van der Waals surface area (Å²) in [4.78, 5) is 17.9. The van der Waals surface area contributed by atoms with Crippen LogP contribution in [0.25, 0.3) is 0 Å². The van der Waals surface area contributed by atoms with Gasteiger partial charge >= 0.3 is 0 Å². The van der Waals surface area contributed by atoms with Crippen LogP contribution < -0.4 is 5.73 Å². The fourth-order valence-electron chi connectivity index (χ4n) is 2.14. The van der Waals surface area contributed by atoms with Gasteiger partial charge in [-0.15, -0.1) is 5.10 Å². The first-order valence-electron chi connectivity index (χ1n) is 6.70. The lowest BCUT2D eigenvalue weighted by Gasteiger charge is -2.31. The SMILES string of the molecule is Cc1nc(C(=O)N2CCC(OCCCN)CC2)n[nH]1. The molecule has 106 valence electrons. The summed E-state index contributed by atoms with van der Waals surface area (Å²) in [6, 6.07) is 0. The molecule has 0 bridgehead atoms. The van der Waals surface area contributed by atoms with Crippen LogP contribution in [-0.4, -0.2) is 58.3 Å². The molecule has 1 fully saturated rings. The first-order chi connectivity index (χ1) is 9.20. The second kappa shape index (κ2) is 6.63. The summed E-state index contributed by atoms with van der Waals surface area (Å²) in [7, 11) is 0. The lowest BCUT2D eigenvalue weighted by Crippen LogP contribution is -2.41. The first-order valence-corrected chi connectivity index (χ1v) is 6.70. The number of hydrogen-bond acceptors (Lipinski definition) is 5. The minimum absolute atomic E-state index is 0.107. The molecule has 0 radical (unpaired) electrons. The molecule has 2 heterocycles. The van der Waals surface area contributed by atoms with Crippen molar-refractivity contribution in [1.29, 1.82) is 0 Å². The number of aryl methyl sites for hydroxylation is 1. The molecule has 1 aromatic heterocycles. The number of rotatable bonds is 5. The Labute approximate surface area is 112 Å². The van der Waals surface area contributed by atoms with Crippen molar-refractivity contribution < 1.29 is 9.53 Å². The van der Waals surface area contributed by atoms with Crippen molar-refractivity contribution in [2.24, 2.45) is 5.73 Å². The molecule has 1 amide bonds. The molecule has 3 N–H and O–H groups in total. The molecule has 0 atom stereocenters. The lowest BCUT2D eigenvalue weighted by molar-refractivity contribution is 0.00813. The van der Waals surface area contributed by atoms with Crippen molar-refractivity contribution in [3.8, 4) is 0 Å². The summed E-state index contributed by atoms with van der Waals surface area (Å²) in [6.07, 6.45) is 2.85. The highest BCUT2D eigenvalue weighted by molar-refractivity contribution is 5.90. The average molecular weight is 267 g/mol. The van der Waals surface area contributed by atoms with E-state index in [4.69, 9.17) is 10.5 Å². The number of carbonyl (C=O) groups excluding carboxylic acids is 1. The summed E-state index contributed by atoms with van der Waals surface area (Å²) in [5.74, 6) is 0.799. The number of nitrogens with two attached hydrogens (primary N) is 1. The summed E-state index contributed by atoms with van der Waals surface area (Å²) in [6.45, 7) is 4.53. The minimum atomic E-state index is -0.107. The zero-order valence-corrected chi connectivity index (χ0v) is 11.3. The Hall–Kier alpha value is -1.47. The summed E-state index contributed by atoms with van der Waals surface area (Å²) in [5.41, 5.74) is 5.42. The molecule has 0 unspecified atom stereocenters. The van der Waals surface area contributed by atoms with Crippen LogP contribution in [0.2, 0.25) is 0 Å². The highest BCUT2D eigenvalue weighted by Gasteiger charge is 2.25. The van der Waals surface area contributed by atoms with Gasteiger partial charge in [0.15, 0.2) is 0 Å². The van der Waals surface area contributed by atoms with Crippen LogP contribution in [0.3, 0.4) is 0 Å². The highest BCUT2D eigenvalue weighted by atomic mass is 16.5. The van der Waals surface area contributed by atoms with E-state index in [9.17, 15) is 4.79 Å². The number of amides is 1. The predicted octanol–water partition coefficient (Wildman–Crippen LogP) is 0.0831. The zero-order chi connectivity index (χ0) is 13.7. The molecule has 1 aliphatic rings. The minimum Gasteiger partial charge on any atom is -0.378 e. The van der Waals surface area contributed by atoms with E-state index in [1.807, 2.05) is 0 Å².